The Bertz CT molecular complexity index is 514. The van der Waals surface area contributed by atoms with Gasteiger partial charge in [0.25, 0.3) is 0 Å². The molecule has 1 aliphatic rings. The van der Waals surface area contributed by atoms with E-state index in [0.717, 1.165) is 15.8 Å². The minimum atomic E-state index is 0.517. The Morgan fingerprint density at radius 3 is 2.93 bits per heavy atom. The Morgan fingerprint density at radius 1 is 1.47 bits per heavy atom. The molecule has 1 fully saturated rings. The van der Waals surface area contributed by atoms with E-state index in [1.165, 1.54) is 18.4 Å². The highest BCUT2D eigenvalue weighted by atomic mass is 79.9. The lowest BCUT2D eigenvalue weighted by molar-refractivity contribution is 0.701. The van der Waals surface area contributed by atoms with Gasteiger partial charge in [-0.3, -0.25) is 0 Å². The second-order valence-electron chi connectivity index (χ2n) is 3.97. The normalized spacial score (nSPS) is 16.1. The van der Waals surface area contributed by atoms with E-state index in [0.29, 0.717) is 12.6 Å². The first-order valence-corrected chi connectivity index (χ1v) is 5.95. The summed E-state index contributed by atoms with van der Waals surface area (Å²) in [5.74, 6) is 1.01. The highest BCUT2D eigenvalue weighted by Gasteiger charge is 2.27. The topological polar surface area (TPSA) is 43.8 Å². The van der Waals surface area contributed by atoms with Gasteiger partial charge in [0.15, 0.2) is 0 Å². The fourth-order valence-corrected chi connectivity index (χ4v) is 2.35. The molecule has 0 amide bonds. The van der Waals surface area contributed by atoms with E-state index < -0.39 is 0 Å². The van der Waals surface area contributed by atoms with Gasteiger partial charge in [-0.25, -0.2) is 4.98 Å². The van der Waals surface area contributed by atoms with Crippen molar-refractivity contribution >= 4 is 27.0 Å². The van der Waals surface area contributed by atoms with Gasteiger partial charge in [0.05, 0.1) is 17.6 Å². The monoisotopic (exact) mass is 265 g/mol. The minimum absolute atomic E-state index is 0.517. The van der Waals surface area contributed by atoms with Crippen LogP contribution in [0.1, 0.15) is 24.7 Å². The van der Waals surface area contributed by atoms with Gasteiger partial charge in [-0.05, 0) is 31.0 Å². The highest BCUT2D eigenvalue weighted by molar-refractivity contribution is 9.10. The molecule has 0 saturated heterocycles. The lowest BCUT2D eigenvalue weighted by atomic mass is 10.3. The predicted octanol–water partition coefficient (Wildman–Crippen LogP) is 2.59. The van der Waals surface area contributed by atoms with Crippen molar-refractivity contribution < 1.29 is 0 Å². The molecule has 4 heteroatoms. The number of rotatable bonds is 2. The molecule has 0 aliphatic heterocycles. The Kier molecular flexibility index (Phi) is 2.07. The summed E-state index contributed by atoms with van der Waals surface area (Å²) in [7, 11) is 0. The van der Waals surface area contributed by atoms with E-state index in [2.05, 4.69) is 37.6 Å². The molecule has 1 aromatic carbocycles. The van der Waals surface area contributed by atoms with E-state index in [-0.39, 0.29) is 0 Å². The molecule has 3 nitrogen and oxygen atoms in total. The first-order chi connectivity index (χ1) is 7.29. The zero-order valence-corrected chi connectivity index (χ0v) is 9.87. The number of nitrogens with zero attached hydrogens (tertiary/aromatic N) is 2. The smallest absolute Gasteiger partial charge is 0.123 e. The maximum absolute atomic E-state index is 5.72. The number of fused-ring (bicyclic) bond motifs is 1. The van der Waals surface area contributed by atoms with E-state index >= 15 is 0 Å². The Morgan fingerprint density at radius 2 is 2.27 bits per heavy atom. The van der Waals surface area contributed by atoms with Gasteiger partial charge in [-0.2, -0.15) is 0 Å². The van der Waals surface area contributed by atoms with Gasteiger partial charge < -0.3 is 10.3 Å². The first kappa shape index (κ1) is 9.36. The number of hydrogen-bond acceptors (Lipinski definition) is 2. The SMILES string of the molecule is NCc1nc2cc(Br)ccc2n1C1CC1. The van der Waals surface area contributed by atoms with Gasteiger partial charge in [0, 0.05) is 10.5 Å². The zero-order valence-electron chi connectivity index (χ0n) is 8.28. The lowest BCUT2D eigenvalue weighted by Gasteiger charge is -2.04. The molecule has 3 rings (SSSR count). The minimum Gasteiger partial charge on any atom is -0.324 e. The molecule has 0 unspecified atom stereocenters. The molecule has 78 valence electrons. The maximum atomic E-state index is 5.72. The van der Waals surface area contributed by atoms with Crippen molar-refractivity contribution in [2.75, 3.05) is 0 Å². The molecule has 1 aromatic heterocycles. The Balaban J connectivity index is 2.28. The lowest BCUT2D eigenvalue weighted by Crippen LogP contribution is -2.06. The molecule has 1 heterocycles. The summed E-state index contributed by atoms with van der Waals surface area (Å²) in [4.78, 5) is 4.56. The van der Waals surface area contributed by atoms with Crippen LogP contribution < -0.4 is 5.73 Å². The first-order valence-electron chi connectivity index (χ1n) is 5.16. The van der Waals surface area contributed by atoms with Crippen LogP contribution in [0.5, 0.6) is 0 Å². The summed E-state index contributed by atoms with van der Waals surface area (Å²) in [6.07, 6.45) is 2.52. The number of aromatic nitrogens is 2. The van der Waals surface area contributed by atoms with Crippen molar-refractivity contribution in [1.82, 2.24) is 9.55 Å². The van der Waals surface area contributed by atoms with Gasteiger partial charge in [0.2, 0.25) is 0 Å². The maximum Gasteiger partial charge on any atom is 0.123 e. The Labute approximate surface area is 96.4 Å². The average Bonchev–Trinajstić information content (AvgIpc) is 2.99. The number of benzene rings is 1. The quantitative estimate of drug-likeness (QED) is 0.907. The third-order valence-corrected chi connectivity index (χ3v) is 3.31. The van der Waals surface area contributed by atoms with Crippen molar-refractivity contribution in [3.63, 3.8) is 0 Å². The van der Waals surface area contributed by atoms with Gasteiger partial charge in [-0.15, -0.1) is 0 Å². The predicted molar refractivity (Wildman–Crippen MR) is 63.6 cm³/mol. The standard InChI is InChI=1S/C11H12BrN3/c12-7-1-4-10-9(5-7)14-11(6-13)15(10)8-2-3-8/h1,4-5,8H,2-3,6,13H2. The largest absolute Gasteiger partial charge is 0.324 e. The highest BCUT2D eigenvalue weighted by Crippen LogP contribution is 2.38. The van der Waals surface area contributed by atoms with E-state index in [4.69, 9.17) is 5.73 Å². The van der Waals surface area contributed by atoms with Crippen LogP contribution in [0, 0.1) is 0 Å². The number of nitrogens with two attached hydrogens (primary N) is 1. The molecule has 0 spiro atoms. The third-order valence-electron chi connectivity index (χ3n) is 2.82. The molecule has 2 N–H and O–H groups in total. The molecule has 1 saturated carbocycles. The van der Waals surface area contributed by atoms with Crippen molar-refractivity contribution in [2.45, 2.75) is 25.4 Å². The molecular weight excluding hydrogens is 254 g/mol. The van der Waals surface area contributed by atoms with Crippen LogP contribution >= 0.6 is 15.9 Å². The van der Waals surface area contributed by atoms with Crippen LogP contribution in [0.15, 0.2) is 22.7 Å². The van der Waals surface area contributed by atoms with Crippen LogP contribution in [-0.2, 0) is 6.54 Å². The van der Waals surface area contributed by atoms with E-state index in [1.807, 2.05) is 6.07 Å². The fourth-order valence-electron chi connectivity index (χ4n) is 2.01. The molecule has 15 heavy (non-hydrogen) atoms. The van der Waals surface area contributed by atoms with Crippen LogP contribution in [0.2, 0.25) is 0 Å². The second kappa shape index (κ2) is 3.32. The number of hydrogen-bond donors (Lipinski definition) is 1. The van der Waals surface area contributed by atoms with Crippen molar-refractivity contribution in [3.05, 3.63) is 28.5 Å². The van der Waals surface area contributed by atoms with Crippen LogP contribution in [-0.4, -0.2) is 9.55 Å². The molecule has 0 radical (unpaired) electrons. The van der Waals surface area contributed by atoms with Crippen LogP contribution in [0.3, 0.4) is 0 Å². The van der Waals surface area contributed by atoms with Crippen LogP contribution in [0.4, 0.5) is 0 Å². The molecule has 0 atom stereocenters. The van der Waals surface area contributed by atoms with Gasteiger partial charge >= 0.3 is 0 Å². The van der Waals surface area contributed by atoms with E-state index in [9.17, 15) is 0 Å². The summed E-state index contributed by atoms with van der Waals surface area (Å²) >= 11 is 3.46. The van der Waals surface area contributed by atoms with Crippen molar-refractivity contribution in [2.24, 2.45) is 5.73 Å². The Hall–Kier alpha value is -0.870. The van der Waals surface area contributed by atoms with Crippen molar-refractivity contribution in [1.29, 1.82) is 0 Å². The van der Waals surface area contributed by atoms with Gasteiger partial charge in [0.1, 0.15) is 5.82 Å². The van der Waals surface area contributed by atoms with E-state index in [1.54, 1.807) is 0 Å². The summed E-state index contributed by atoms with van der Waals surface area (Å²) in [5.41, 5.74) is 7.97. The fraction of sp³-hybridized carbons (Fsp3) is 0.364. The summed E-state index contributed by atoms with van der Waals surface area (Å²) in [5, 5.41) is 0. The average molecular weight is 266 g/mol. The summed E-state index contributed by atoms with van der Waals surface area (Å²) in [6, 6.07) is 6.86. The second-order valence-corrected chi connectivity index (χ2v) is 4.88. The van der Waals surface area contributed by atoms with Crippen LogP contribution in [0.25, 0.3) is 11.0 Å². The number of halogens is 1. The summed E-state index contributed by atoms with van der Waals surface area (Å²) in [6.45, 7) is 0.517. The molecule has 2 aromatic rings. The molecular formula is C11H12BrN3. The molecule has 0 bridgehead atoms. The number of imidazole rings is 1. The molecule has 1 aliphatic carbocycles. The zero-order chi connectivity index (χ0) is 10.4. The van der Waals surface area contributed by atoms with Crippen molar-refractivity contribution in [3.8, 4) is 0 Å². The summed E-state index contributed by atoms with van der Waals surface area (Å²) < 4.78 is 3.36. The third kappa shape index (κ3) is 1.48. The van der Waals surface area contributed by atoms with Gasteiger partial charge in [-0.1, -0.05) is 15.9 Å².